The molecule has 1 aromatic heterocycles. The van der Waals surface area contributed by atoms with Gasteiger partial charge in [0.1, 0.15) is 23.6 Å². The second-order valence-corrected chi connectivity index (χ2v) is 12.1. The lowest BCUT2D eigenvalue weighted by atomic mass is 9.61. The maximum absolute atomic E-state index is 2.58. The van der Waals surface area contributed by atoms with Gasteiger partial charge in [0.15, 0.2) is 0 Å². The van der Waals surface area contributed by atoms with Gasteiger partial charge in [-0.1, -0.05) is 113 Å². The van der Waals surface area contributed by atoms with Gasteiger partial charge in [-0.25, -0.2) is 4.57 Å². The molecule has 202 valence electrons. The molecule has 0 fully saturated rings. The Balaban J connectivity index is 1.76. The molecule has 0 spiro atoms. The lowest BCUT2D eigenvalue weighted by Crippen LogP contribution is -2.67. The van der Waals surface area contributed by atoms with Gasteiger partial charge in [-0.3, -0.25) is 0 Å². The predicted molar refractivity (Wildman–Crippen MR) is 168 cm³/mol. The molecule has 0 amide bonds. The molecular formula is C38H41N2+. The predicted octanol–water partition coefficient (Wildman–Crippen LogP) is 9.70. The molecule has 2 atom stereocenters. The van der Waals surface area contributed by atoms with Gasteiger partial charge in [0, 0.05) is 16.5 Å². The molecule has 1 aliphatic heterocycles. The summed E-state index contributed by atoms with van der Waals surface area (Å²) in [5, 5.41) is 0. The van der Waals surface area contributed by atoms with Gasteiger partial charge >= 0.3 is 0 Å². The molecule has 0 N–H and O–H groups in total. The smallest absolute Gasteiger partial charge is 0.224 e. The fourth-order valence-corrected chi connectivity index (χ4v) is 7.00. The van der Waals surface area contributed by atoms with Crippen molar-refractivity contribution in [3.05, 3.63) is 121 Å². The van der Waals surface area contributed by atoms with Gasteiger partial charge in [0.25, 0.3) is 5.82 Å². The van der Waals surface area contributed by atoms with E-state index in [1.54, 1.807) is 0 Å². The topological polar surface area (TPSA) is 8.81 Å². The molecule has 0 bridgehead atoms. The molecule has 2 heteroatoms. The average molecular weight is 526 g/mol. The Morgan fingerprint density at radius 3 is 1.77 bits per heavy atom. The number of benzene rings is 4. The Bertz CT molecular complexity index is 1600. The van der Waals surface area contributed by atoms with Crippen LogP contribution in [-0.2, 0) is 11.0 Å². The summed E-state index contributed by atoms with van der Waals surface area (Å²) in [5.41, 5.74) is 10.3. The van der Waals surface area contributed by atoms with Gasteiger partial charge in [0.05, 0.1) is 5.56 Å². The van der Waals surface area contributed by atoms with Crippen LogP contribution in [0.1, 0.15) is 71.4 Å². The fourth-order valence-electron chi connectivity index (χ4n) is 7.00. The Hall–Kier alpha value is -3.91. The van der Waals surface area contributed by atoms with E-state index in [-0.39, 0.29) is 11.0 Å². The van der Waals surface area contributed by atoms with Crippen molar-refractivity contribution in [2.75, 3.05) is 0 Å². The van der Waals surface area contributed by atoms with Crippen LogP contribution in [0.15, 0.2) is 109 Å². The third kappa shape index (κ3) is 3.80. The standard InChI is InChI=1S/C38H41N2/c1-7-37(5)34-22-16-15-21-31(34)36-39(23-24-40(36)38(37,6)8-2)35-32(28-17-11-9-12-18-28)25-30(27(3)4)26-33(35)29-19-13-10-14-20-29/h9-27H,7-8H2,1-6H3/q+1. The van der Waals surface area contributed by atoms with E-state index in [1.165, 1.54) is 50.5 Å². The number of rotatable bonds is 6. The largest absolute Gasteiger partial charge is 0.294 e. The first kappa shape index (κ1) is 26.3. The first-order valence-electron chi connectivity index (χ1n) is 14.9. The molecule has 2 heterocycles. The summed E-state index contributed by atoms with van der Waals surface area (Å²) in [6.07, 6.45) is 6.78. The average Bonchev–Trinajstić information content (AvgIpc) is 3.45. The van der Waals surface area contributed by atoms with E-state index >= 15 is 0 Å². The highest BCUT2D eigenvalue weighted by molar-refractivity contribution is 5.87. The molecular weight excluding hydrogens is 484 g/mol. The molecule has 0 aliphatic carbocycles. The molecule has 4 aromatic carbocycles. The minimum atomic E-state index is -0.0611. The SMILES string of the molecule is CCC1(C)c2ccccc2-c2n(-c3c(-c4ccccc4)cc(C(C)C)cc3-c3ccccc3)cc[n+]2C1(C)CC. The van der Waals surface area contributed by atoms with Gasteiger partial charge in [0.2, 0.25) is 0 Å². The lowest BCUT2D eigenvalue weighted by molar-refractivity contribution is -0.764. The normalized spacial score (nSPS) is 19.9. The van der Waals surface area contributed by atoms with Gasteiger partial charge in [-0.05, 0) is 66.1 Å². The Labute approximate surface area is 240 Å². The van der Waals surface area contributed by atoms with Crippen molar-refractivity contribution in [3.8, 4) is 39.3 Å². The quantitative estimate of drug-likeness (QED) is 0.195. The minimum Gasteiger partial charge on any atom is -0.224 e. The van der Waals surface area contributed by atoms with Crippen LogP contribution in [-0.4, -0.2) is 4.57 Å². The number of hydrogen-bond donors (Lipinski definition) is 0. The van der Waals surface area contributed by atoms with E-state index in [1.807, 2.05) is 0 Å². The molecule has 5 aromatic rings. The molecule has 2 nitrogen and oxygen atoms in total. The van der Waals surface area contributed by atoms with E-state index < -0.39 is 0 Å². The molecule has 2 unspecified atom stereocenters. The van der Waals surface area contributed by atoms with E-state index in [0.29, 0.717) is 5.92 Å². The van der Waals surface area contributed by atoms with Crippen molar-refractivity contribution in [1.82, 2.24) is 4.57 Å². The van der Waals surface area contributed by atoms with Crippen molar-refractivity contribution >= 4 is 0 Å². The molecule has 40 heavy (non-hydrogen) atoms. The van der Waals surface area contributed by atoms with Crippen molar-refractivity contribution in [2.45, 2.75) is 71.3 Å². The third-order valence-corrected chi connectivity index (χ3v) is 9.91. The van der Waals surface area contributed by atoms with E-state index in [2.05, 4.69) is 160 Å². The lowest BCUT2D eigenvalue weighted by Gasteiger charge is -2.47. The van der Waals surface area contributed by atoms with Crippen LogP contribution in [0.4, 0.5) is 0 Å². The highest BCUT2D eigenvalue weighted by Crippen LogP contribution is 2.50. The van der Waals surface area contributed by atoms with Gasteiger partial charge in [-0.2, -0.15) is 4.57 Å². The van der Waals surface area contributed by atoms with Crippen molar-refractivity contribution in [2.24, 2.45) is 0 Å². The zero-order valence-corrected chi connectivity index (χ0v) is 24.8. The summed E-state index contributed by atoms with van der Waals surface area (Å²) >= 11 is 0. The van der Waals surface area contributed by atoms with E-state index in [0.717, 1.165) is 12.8 Å². The van der Waals surface area contributed by atoms with Crippen LogP contribution in [0, 0.1) is 0 Å². The minimum absolute atomic E-state index is 0.0220. The molecule has 0 saturated carbocycles. The highest BCUT2D eigenvalue weighted by atomic mass is 15.2. The maximum atomic E-state index is 2.58. The maximum Gasteiger partial charge on any atom is 0.294 e. The Morgan fingerprint density at radius 2 is 1.25 bits per heavy atom. The summed E-state index contributed by atoms with van der Waals surface area (Å²) in [4.78, 5) is 0. The van der Waals surface area contributed by atoms with Crippen LogP contribution < -0.4 is 4.57 Å². The molecule has 1 aliphatic rings. The summed E-state index contributed by atoms with van der Waals surface area (Å²) in [5.74, 6) is 1.68. The van der Waals surface area contributed by atoms with Crippen molar-refractivity contribution in [3.63, 3.8) is 0 Å². The van der Waals surface area contributed by atoms with E-state index in [9.17, 15) is 0 Å². The number of nitrogens with zero attached hydrogens (tertiary/aromatic N) is 2. The molecule has 6 rings (SSSR count). The van der Waals surface area contributed by atoms with Crippen molar-refractivity contribution in [1.29, 1.82) is 0 Å². The molecule has 0 saturated heterocycles. The number of hydrogen-bond acceptors (Lipinski definition) is 0. The highest BCUT2D eigenvalue weighted by Gasteiger charge is 2.55. The van der Waals surface area contributed by atoms with Crippen LogP contribution in [0.3, 0.4) is 0 Å². The first-order chi connectivity index (χ1) is 19.3. The van der Waals surface area contributed by atoms with Crippen LogP contribution in [0.2, 0.25) is 0 Å². The van der Waals surface area contributed by atoms with E-state index in [4.69, 9.17) is 0 Å². The summed E-state index contributed by atoms with van der Waals surface area (Å²) in [6.45, 7) is 14.2. The monoisotopic (exact) mass is 525 g/mol. The molecule has 0 radical (unpaired) electrons. The summed E-state index contributed by atoms with van der Waals surface area (Å²) in [7, 11) is 0. The zero-order valence-electron chi connectivity index (χ0n) is 24.8. The van der Waals surface area contributed by atoms with Crippen LogP contribution >= 0.6 is 0 Å². The van der Waals surface area contributed by atoms with Crippen LogP contribution in [0.5, 0.6) is 0 Å². The van der Waals surface area contributed by atoms with Gasteiger partial charge in [-0.15, -0.1) is 0 Å². The third-order valence-electron chi connectivity index (χ3n) is 9.91. The number of fused-ring (bicyclic) bond motifs is 3. The second-order valence-electron chi connectivity index (χ2n) is 12.1. The second kappa shape index (κ2) is 9.93. The van der Waals surface area contributed by atoms with Crippen LogP contribution in [0.25, 0.3) is 39.3 Å². The first-order valence-corrected chi connectivity index (χ1v) is 14.9. The van der Waals surface area contributed by atoms with Crippen molar-refractivity contribution < 1.29 is 4.57 Å². The number of imidazole rings is 1. The summed E-state index contributed by atoms with van der Waals surface area (Å²) in [6, 6.07) is 35.8. The fraction of sp³-hybridized carbons (Fsp3) is 0.289. The Morgan fingerprint density at radius 1 is 0.700 bits per heavy atom. The summed E-state index contributed by atoms with van der Waals surface area (Å²) < 4.78 is 5.06. The zero-order chi connectivity index (χ0) is 28.1. The number of aromatic nitrogens is 2. The van der Waals surface area contributed by atoms with Gasteiger partial charge < -0.3 is 0 Å². The Kier molecular flexibility index (Phi) is 6.53.